The molecule has 0 aromatic carbocycles. The highest BCUT2D eigenvalue weighted by Crippen LogP contribution is 2.23. The van der Waals surface area contributed by atoms with Crippen LogP contribution < -0.4 is 0 Å². The fraction of sp³-hybridized carbons (Fsp3) is 0.889. The summed E-state index contributed by atoms with van der Waals surface area (Å²) >= 11 is 0. The van der Waals surface area contributed by atoms with E-state index < -0.39 is 6.09 Å². The van der Waals surface area contributed by atoms with Gasteiger partial charge in [-0.05, 0) is 12.3 Å². The Morgan fingerprint density at radius 1 is 1.57 bits per heavy atom. The molecule has 0 radical (unpaired) electrons. The predicted octanol–water partition coefficient (Wildman–Crippen LogP) is -0.182. The van der Waals surface area contributed by atoms with Gasteiger partial charge in [-0.3, -0.25) is 0 Å². The maximum atomic E-state index is 11.4. The normalized spacial score (nSPS) is 26.6. The molecule has 1 saturated heterocycles. The number of ether oxygens (including phenoxy) is 1. The van der Waals surface area contributed by atoms with Gasteiger partial charge >= 0.3 is 6.09 Å². The van der Waals surface area contributed by atoms with Crippen LogP contribution in [0.15, 0.2) is 0 Å². The summed E-state index contributed by atoms with van der Waals surface area (Å²) in [6.45, 7) is 2.44. The monoisotopic (exact) mass is 203 g/mol. The van der Waals surface area contributed by atoms with Gasteiger partial charge < -0.3 is 19.8 Å². The molecule has 5 nitrogen and oxygen atoms in total. The molecular weight excluding hydrogens is 186 g/mol. The van der Waals surface area contributed by atoms with Gasteiger partial charge in [0.2, 0.25) is 0 Å². The summed E-state index contributed by atoms with van der Waals surface area (Å²) in [5.74, 6) is 0.307. The highest BCUT2D eigenvalue weighted by molar-refractivity contribution is 5.68. The van der Waals surface area contributed by atoms with Crippen LogP contribution in [-0.4, -0.2) is 53.6 Å². The fourth-order valence-electron chi connectivity index (χ4n) is 1.73. The zero-order valence-electron chi connectivity index (χ0n) is 8.35. The number of amides is 1. The number of hydrogen-bond acceptors (Lipinski definition) is 4. The number of nitrogens with zero attached hydrogens (tertiary/aromatic N) is 1. The third-order valence-electron chi connectivity index (χ3n) is 2.62. The van der Waals surface area contributed by atoms with Crippen molar-refractivity contribution in [1.29, 1.82) is 0 Å². The zero-order valence-corrected chi connectivity index (χ0v) is 8.35. The molecule has 1 fully saturated rings. The van der Waals surface area contributed by atoms with Crippen molar-refractivity contribution >= 4 is 6.09 Å². The summed E-state index contributed by atoms with van der Waals surface area (Å²) in [6, 6.07) is -0.138. The molecule has 1 heterocycles. The molecule has 2 N–H and O–H groups in total. The highest BCUT2D eigenvalue weighted by Gasteiger charge is 2.34. The van der Waals surface area contributed by atoms with Gasteiger partial charge in [-0.15, -0.1) is 0 Å². The van der Waals surface area contributed by atoms with E-state index in [2.05, 4.69) is 0 Å². The first-order valence-corrected chi connectivity index (χ1v) is 4.85. The maximum Gasteiger partial charge on any atom is 0.410 e. The number of likely N-dealkylation sites (tertiary alicyclic amines) is 1. The molecule has 82 valence electrons. The first-order valence-electron chi connectivity index (χ1n) is 4.85. The van der Waals surface area contributed by atoms with Crippen LogP contribution in [0.2, 0.25) is 0 Å². The van der Waals surface area contributed by atoms with E-state index in [1.54, 1.807) is 0 Å². The van der Waals surface area contributed by atoms with E-state index in [4.69, 9.17) is 14.9 Å². The van der Waals surface area contributed by atoms with Gasteiger partial charge in [-0.2, -0.15) is 0 Å². The molecule has 0 bridgehead atoms. The predicted molar refractivity (Wildman–Crippen MR) is 49.8 cm³/mol. The van der Waals surface area contributed by atoms with Crippen molar-refractivity contribution in [1.82, 2.24) is 4.90 Å². The first-order chi connectivity index (χ1) is 6.70. The molecule has 0 aliphatic carbocycles. The Hall–Kier alpha value is -0.810. The molecule has 1 aliphatic rings. The lowest BCUT2D eigenvalue weighted by molar-refractivity contribution is 0.0662. The Bertz CT molecular complexity index is 197. The lowest BCUT2D eigenvalue weighted by atomic mass is 10.0. The van der Waals surface area contributed by atoms with Gasteiger partial charge in [0.1, 0.15) is 6.61 Å². The summed E-state index contributed by atoms with van der Waals surface area (Å²) in [5, 5.41) is 17.6. The molecule has 1 rings (SSSR count). The second-order valence-electron chi connectivity index (χ2n) is 3.55. The highest BCUT2D eigenvalue weighted by atomic mass is 16.6. The number of hydrogen-bond donors (Lipinski definition) is 2. The number of aliphatic hydroxyl groups excluding tert-OH is 2. The van der Waals surface area contributed by atoms with Crippen molar-refractivity contribution in [2.24, 2.45) is 5.92 Å². The van der Waals surface area contributed by atoms with Crippen LogP contribution in [0.4, 0.5) is 4.79 Å². The second-order valence-corrected chi connectivity index (χ2v) is 3.55. The average Bonchev–Trinajstić information content (AvgIpc) is 2.55. The van der Waals surface area contributed by atoms with Gasteiger partial charge in [0.05, 0.1) is 19.3 Å². The van der Waals surface area contributed by atoms with Crippen LogP contribution in [0.3, 0.4) is 0 Å². The van der Waals surface area contributed by atoms with E-state index in [1.807, 2.05) is 6.92 Å². The van der Waals surface area contributed by atoms with Gasteiger partial charge in [-0.1, -0.05) is 6.92 Å². The molecule has 1 aliphatic heterocycles. The van der Waals surface area contributed by atoms with E-state index in [0.29, 0.717) is 12.5 Å². The number of aliphatic hydroxyl groups is 2. The average molecular weight is 203 g/mol. The van der Waals surface area contributed by atoms with E-state index in [9.17, 15) is 4.79 Å². The molecular formula is C9H17NO4. The van der Waals surface area contributed by atoms with Crippen LogP contribution in [-0.2, 0) is 4.74 Å². The lowest BCUT2D eigenvalue weighted by Gasteiger charge is -2.24. The number of carbonyl (C=O) groups excluding carboxylic acids is 1. The van der Waals surface area contributed by atoms with Crippen LogP contribution in [0, 0.1) is 5.92 Å². The molecule has 2 atom stereocenters. The fourth-order valence-corrected chi connectivity index (χ4v) is 1.73. The van der Waals surface area contributed by atoms with Gasteiger partial charge in [0, 0.05) is 6.54 Å². The van der Waals surface area contributed by atoms with Gasteiger partial charge in [0.15, 0.2) is 0 Å². The molecule has 2 unspecified atom stereocenters. The van der Waals surface area contributed by atoms with Gasteiger partial charge in [0.25, 0.3) is 0 Å². The van der Waals surface area contributed by atoms with E-state index >= 15 is 0 Å². The molecule has 5 heteroatoms. The molecule has 1 amide bonds. The Balaban J connectivity index is 2.46. The molecule has 14 heavy (non-hydrogen) atoms. The van der Waals surface area contributed by atoms with Crippen molar-refractivity contribution < 1.29 is 19.7 Å². The van der Waals surface area contributed by atoms with E-state index in [1.165, 1.54) is 4.90 Å². The summed E-state index contributed by atoms with van der Waals surface area (Å²) in [4.78, 5) is 12.9. The Labute approximate surface area is 83.3 Å². The smallest absolute Gasteiger partial charge is 0.410 e. The third kappa shape index (κ3) is 2.36. The van der Waals surface area contributed by atoms with Crippen LogP contribution >= 0.6 is 0 Å². The quantitative estimate of drug-likeness (QED) is 0.667. The Kier molecular flexibility index (Phi) is 4.16. The number of carbonyl (C=O) groups is 1. The second kappa shape index (κ2) is 5.17. The minimum absolute atomic E-state index is 0.0157. The standard InChI is InChI=1S/C9H17NO4/c1-7-2-3-10(8(7)6-12)9(13)14-5-4-11/h7-8,11-12H,2-6H2,1H3. The third-order valence-corrected chi connectivity index (χ3v) is 2.62. The minimum Gasteiger partial charge on any atom is -0.447 e. The molecule has 0 saturated carbocycles. The minimum atomic E-state index is -0.442. The summed E-state index contributed by atoms with van der Waals surface area (Å²) < 4.78 is 4.78. The van der Waals surface area contributed by atoms with Crippen molar-refractivity contribution in [3.63, 3.8) is 0 Å². The van der Waals surface area contributed by atoms with Crippen molar-refractivity contribution in [2.45, 2.75) is 19.4 Å². The SMILES string of the molecule is CC1CCN(C(=O)OCCO)C1CO. The van der Waals surface area contributed by atoms with E-state index in [-0.39, 0.29) is 25.9 Å². The van der Waals surface area contributed by atoms with E-state index in [0.717, 1.165) is 6.42 Å². The van der Waals surface area contributed by atoms with Crippen molar-refractivity contribution in [3.8, 4) is 0 Å². The Morgan fingerprint density at radius 2 is 2.29 bits per heavy atom. The largest absolute Gasteiger partial charge is 0.447 e. The van der Waals surface area contributed by atoms with Gasteiger partial charge in [-0.25, -0.2) is 4.79 Å². The van der Waals surface area contributed by atoms with Crippen LogP contribution in [0.1, 0.15) is 13.3 Å². The molecule has 0 spiro atoms. The zero-order chi connectivity index (χ0) is 10.6. The van der Waals surface area contributed by atoms with Crippen molar-refractivity contribution in [2.75, 3.05) is 26.4 Å². The van der Waals surface area contributed by atoms with Crippen LogP contribution in [0.5, 0.6) is 0 Å². The maximum absolute atomic E-state index is 11.4. The molecule has 0 aromatic rings. The summed E-state index contributed by atoms with van der Waals surface area (Å²) in [6.07, 6.45) is 0.446. The Morgan fingerprint density at radius 3 is 2.86 bits per heavy atom. The number of rotatable bonds is 3. The molecule has 0 aromatic heterocycles. The lowest BCUT2D eigenvalue weighted by Crippen LogP contribution is -2.40. The summed E-state index contributed by atoms with van der Waals surface area (Å²) in [7, 11) is 0. The first kappa shape index (κ1) is 11.3. The van der Waals surface area contributed by atoms with Crippen LogP contribution in [0.25, 0.3) is 0 Å². The van der Waals surface area contributed by atoms with Crippen molar-refractivity contribution in [3.05, 3.63) is 0 Å². The topological polar surface area (TPSA) is 70.0 Å². The summed E-state index contributed by atoms with van der Waals surface area (Å²) in [5.41, 5.74) is 0.